The van der Waals surface area contributed by atoms with E-state index in [-0.39, 0.29) is 29.9 Å². The molecule has 8 heteroatoms. The lowest BCUT2D eigenvalue weighted by molar-refractivity contribution is -0.122. The predicted molar refractivity (Wildman–Crippen MR) is 107 cm³/mol. The van der Waals surface area contributed by atoms with E-state index in [1.54, 1.807) is 12.1 Å². The summed E-state index contributed by atoms with van der Waals surface area (Å²) in [5.74, 6) is -0.571. The molecule has 28 heavy (non-hydrogen) atoms. The number of carbonyl (C=O) groups is 1. The molecule has 0 aliphatic heterocycles. The van der Waals surface area contributed by atoms with Crippen LogP contribution < -0.4 is 10.9 Å². The molecule has 2 heterocycles. The first-order valence-electron chi connectivity index (χ1n) is 9.45. The summed E-state index contributed by atoms with van der Waals surface area (Å²) >= 11 is 1.37. The lowest BCUT2D eigenvalue weighted by atomic mass is 9.95. The van der Waals surface area contributed by atoms with Gasteiger partial charge < -0.3 is 5.32 Å². The number of benzene rings is 1. The third kappa shape index (κ3) is 3.82. The highest BCUT2D eigenvalue weighted by Gasteiger charge is 2.20. The van der Waals surface area contributed by atoms with Crippen LogP contribution in [0.1, 0.15) is 37.1 Å². The van der Waals surface area contributed by atoms with E-state index in [1.807, 2.05) is 6.92 Å². The third-order valence-electron chi connectivity index (χ3n) is 4.99. The Labute approximate surface area is 165 Å². The molecule has 1 aliphatic rings. The second kappa shape index (κ2) is 7.79. The van der Waals surface area contributed by atoms with Crippen molar-refractivity contribution in [2.45, 2.75) is 51.6 Å². The maximum Gasteiger partial charge on any atom is 0.294 e. The number of fused-ring (bicyclic) bond motifs is 1. The smallest absolute Gasteiger partial charge is 0.294 e. The Balaban J connectivity index is 1.70. The summed E-state index contributed by atoms with van der Waals surface area (Å²) in [5, 5.41) is 8.18. The van der Waals surface area contributed by atoms with E-state index in [1.165, 1.54) is 34.6 Å². The lowest BCUT2D eigenvalue weighted by Crippen LogP contribution is -2.40. The molecule has 1 amide bonds. The monoisotopic (exact) mass is 400 g/mol. The van der Waals surface area contributed by atoms with E-state index in [0.717, 1.165) is 30.7 Å². The first-order valence-corrected chi connectivity index (χ1v) is 10.3. The van der Waals surface area contributed by atoms with Gasteiger partial charge in [0.1, 0.15) is 18.1 Å². The third-order valence-corrected chi connectivity index (χ3v) is 5.97. The van der Waals surface area contributed by atoms with Crippen LogP contribution in [0.25, 0.3) is 21.5 Å². The zero-order valence-electron chi connectivity index (χ0n) is 15.6. The first-order chi connectivity index (χ1) is 13.5. The summed E-state index contributed by atoms with van der Waals surface area (Å²) < 4.78 is 15.1. The van der Waals surface area contributed by atoms with Gasteiger partial charge in [0.2, 0.25) is 5.91 Å². The number of hydrogen-bond acceptors (Lipinski definition) is 5. The molecule has 1 fully saturated rings. The lowest BCUT2D eigenvalue weighted by Gasteiger charge is -2.22. The van der Waals surface area contributed by atoms with Gasteiger partial charge in [-0.2, -0.15) is 5.10 Å². The number of hydrogen-bond donors (Lipinski definition) is 1. The van der Waals surface area contributed by atoms with Crippen molar-refractivity contribution in [1.29, 1.82) is 0 Å². The number of nitrogens with one attached hydrogen (secondary N) is 1. The minimum Gasteiger partial charge on any atom is -0.352 e. The van der Waals surface area contributed by atoms with Gasteiger partial charge in [-0.3, -0.25) is 9.59 Å². The number of amides is 1. The van der Waals surface area contributed by atoms with Crippen molar-refractivity contribution < 1.29 is 9.18 Å². The van der Waals surface area contributed by atoms with Crippen LogP contribution in [-0.2, 0) is 11.3 Å². The number of rotatable bonds is 4. The number of nitrogens with zero attached hydrogens (tertiary/aromatic N) is 3. The van der Waals surface area contributed by atoms with Crippen molar-refractivity contribution in [3.05, 3.63) is 45.4 Å². The minimum absolute atomic E-state index is 0.157. The zero-order valence-corrected chi connectivity index (χ0v) is 16.4. The van der Waals surface area contributed by atoms with Crippen LogP contribution in [0.5, 0.6) is 0 Å². The van der Waals surface area contributed by atoms with E-state index in [9.17, 15) is 14.0 Å². The fourth-order valence-electron chi connectivity index (χ4n) is 3.63. The molecule has 0 saturated heterocycles. The first kappa shape index (κ1) is 18.7. The van der Waals surface area contributed by atoms with Crippen LogP contribution in [0.15, 0.2) is 29.1 Å². The molecule has 1 N–H and O–H groups in total. The number of thiazole rings is 1. The molecule has 1 saturated carbocycles. The van der Waals surface area contributed by atoms with E-state index in [0.29, 0.717) is 21.5 Å². The number of carbonyl (C=O) groups excluding carboxylic acids is 1. The van der Waals surface area contributed by atoms with Gasteiger partial charge in [0.05, 0.1) is 9.71 Å². The summed E-state index contributed by atoms with van der Waals surface area (Å²) in [4.78, 5) is 29.6. The normalized spacial score (nSPS) is 15.1. The molecular weight excluding hydrogens is 379 g/mol. The SMILES string of the molecule is Cc1nc2c(=O)n(CC(=O)NC3CCCCC3)nc(-c3ccc(F)cc3)c2s1. The summed E-state index contributed by atoms with van der Waals surface area (Å²) in [6, 6.07) is 6.09. The molecular formula is C20H21FN4O2S. The highest BCUT2D eigenvalue weighted by molar-refractivity contribution is 7.19. The Kier molecular flexibility index (Phi) is 5.21. The van der Waals surface area contributed by atoms with Crippen molar-refractivity contribution in [2.75, 3.05) is 0 Å². The van der Waals surface area contributed by atoms with Gasteiger partial charge in [0, 0.05) is 11.6 Å². The second-order valence-electron chi connectivity index (χ2n) is 7.13. The second-order valence-corrected chi connectivity index (χ2v) is 8.33. The highest BCUT2D eigenvalue weighted by Crippen LogP contribution is 2.29. The van der Waals surface area contributed by atoms with E-state index in [4.69, 9.17) is 0 Å². The van der Waals surface area contributed by atoms with Crippen molar-refractivity contribution in [2.24, 2.45) is 0 Å². The molecule has 0 radical (unpaired) electrons. The molecule has 4 rings (SSSR count). The van der Waals surface area contributed by atoms with Crippen molar-refractivity contribution in [3.8, 4) is 11.3 Å². The molecule has 0 atom stereocenters. The Bertz CT molecular complexity index is 1070. The molecule has 6 nitrogen and oxygen atoms in total. The van der Waals surface area contributed by atoms with Gasteiger partial charge >= 0.3 is 0 Å². The van der Waals surface area contributed by atoms with Gasteiger partial charge in [-0.05, 0) is 44.0 Å². The van der Waals surface area contributed by atoms with Crippen LogP contribution in [0.4, 0.5) is 4.39 Å². The molecule has 1 aromatic carbocycles. The Hall–Kier alpha value is -2.61. The van der Waals surface area contributed by atoms with Crippen molar-refractivity contribution in [1.82, 2.24) is 20.1 Å². The number of aromatic nitrogens is 3. The standard InChI is InChI=1S/C20H21FN4O2S/c1-12-22-18-19(28-12)17(13-7-9-14(21)10-8-13)24-25(20(18)27)11-16(26)23-15-5-3-2-4-6-15/h7-10,15H,2-6,11H2,1H3,(H,23,26). The van der Waals surface area contributed by atoms with Crippen molar-refractivity contribution >= 4 is 27.5 Å². The number of aryl methyl sites for hydroxylation is 1. The van der Waals surface area contributed by atoms with E-state index >= 15 is 0 Å². The summed E-state index contributed by atoms with van der Waals surface area (Å²) in [7, 11) is 0. The van der Waals surface area contributed by atoms with Crippen LogP contribution in [0, 0.1) is 12.7 Å². The zero-order chi connectivity index (χ0) is 19.7. The molecule has 0 unspecified atom stereocenters. The minimum atomic E-state index is -0.385. The topological polar surface area (TPSA) is 76.9 Å². The van der Waals surface area contributed by atoms with Crippen LogP contribution in [0.2, 0.25) is 0 Å². The Morgan fingerprint density at radius 2 is 1.96 bits per heavy atom. The summed E-state index contributed by atoms with van der Waals surface area (Å²) in [6.07, 6.45) is 5.37. The van der Waals surface area contributed by atoms with Crippen LogP contribution in [-0.4, -0.2) is 26.7 Å². The average molecular weight is 400 g/mol. The number of halogens is 1. The van der Waals surface area contributed by atoms with E-state index in [2.05, 4.69) is 15.4 Å². The highest BCUT2D eigenvalue weighted by atomic mass is 32.1. The van der Waals surface area contributed by atoms with Gasteiger partial charge in [0.25, 0.3) is 5.56 Å². The Morgan fingerprint density at radius 3 is 2.68 bits per heavy atom. The maximum atomic E-state index is 13.3. The van der Waals surface area contributed by atoms with Crippen molar-refractivity contribution in [3.63, 3.8) is 0 Å². The average Bonchev–Trinajstić information content (AvgIpc) is 3.07. The summed E-state index contributed by atoms with van der Waals surface area (Å²) in [5.41, 5.74) is 1.12. The Morgan fingerprint density at radius 1 is 1.25 bits per heavy atom. The van der Waals surface area contributed by atoms with Gasteiger partial charge in [-0.25, -0.2) is 14.1 Å². The maximum absolute atomic E-state index is 13.3. The fraction of sp³-hybridized carbons (Fsp3) is 0.400. The van der Waals surface area contributed by atoms with E-state index < -0.39 is 0 Å². The summed E-state index contributed by atoms with van der Waals surface area (Å²) in [6.45, 7) is 1.66. The molecule has 2 aromatic heterocycles. The molecule has 0 bridgehead atoms. The largest absolute Gasteiger partial charge is 0.352 e. The van der Waals surface area contributed by atoms with Crippen LogP contribution >= 0.6 is 11.3 Å². The van der Waals surface area contributed by atoms with Gasteiger partial charge in [-0.1, -0.05) is 19.3 Å². The molecule has 0 spiro atoms. The van der Waals surface area contributed by atoms with Gasteiger partial charge in [0.15, 0.2) is 5.52 Å². The predicted octanol–water partition coefficient (Wildman–Crippen LogP) is 3.42. The fourth-order valence-corrected chi connectivity index (χ4v) is 4.54. The molecule has 146 valence electrons. The quantitative estimate of drug-likeness (QED) is 0.728. The van der Waals surface area contributed by atoms with Crippen LogP contribution in [0.3, 0.4) is 0 Å². The van der Waals surface area contributed by atoms with Gasteiger partial charge in [-0.15, -0.1) is 11.3 Å². The molecule has 3 aromatic rings. The molecule has 1 aliphatic carbocycles.